The maximum Gasteiger partial charge on any atom is 0.259 e. The quantitative estimate of drug-likeness (QED) is 0.936. The number of benzene rings is 2. The molecule has 1 aliphatic heterocycles. The minimum atomic E-state index is -0.248. The van der Waals surface area contributed by atoms with Crippen LogP contribution in [0.15, 0.2) is 48.5 Å². The number of methoxy groups -OCH3 is 1. The molecule has 1 heterocycles. The summed E-state index contributed by atoms with van der Waals surface area (Å²) >= 11 is 0. The van der Waals surface area contributed by atoms with Crippen molar-refractivity contribution in [2.75, 3.05) is 37.1 Å². The zero-order valence-corrected chi connectivity index (χ0v) is 13.3. The predicted octanol–water partition coefficient (Wildman–Crippen LogP) is 2.31. The summed E-state index contributed by atoms with van der Waals surface area (Å²) in [6.07, 6.45) is 0. The number of amides is 2. The largest absolute Gasteiger partial charge is 0.496 e. The van der Waals surface area contributed by atoms with E-state index in [4.69, 9.17) is 9.47 Å². The molecule has 2 amide bonds. The summed E-state index contributed by atoms with van der Waals surface area (Å²) in [5.41, 5.74) is 1.90. The Kier molecular flexibility index (Phi) is 4.77. The number of ether oxygens (including phenoxy) is 2. The number of nitrogens with zero attached hydrogens (tertiary/aromatic N) is 1. The van der Waals surface area contributed by atoms with Gasteiger partial charge in [-0.05, 0) is 36.4 Å². The Morgan fingerprint density at radius 2 is 1.92 bits per heavy atom. The van der Waals surface area contributed by atoms with Crippen LogP contribution in [0.3, 0.4) is 0 Å². The first-order valence-electron chi connectivity index (χ1n) is 7.61. The maximum absolute atomic E-state index is 12.4. The monoisotopic (exact) mass is 326 g/mol. The second-order valence-electron chi connectivity index (χ2n) is 5.30. The van der Waals surface area contributed by atoms with Crippen molar-refractivity contribution in [1.29, 1.82) is 0 Å². The third kappa shape index (κ3) is 3.38. The van der Waals surface area contributed by atoms with Crippen LogP contribution in [-0.4, -0.2) is 38.7 Å². The Bertz CT molecular complexity index is 743. The van der Waals surface area contributed by atoms with Crippen LogP contribution >= 0.6 is 0 Å². The Hall–Kier alpha value is -2.86. The van der Waals surface area contributed by atoms with Crippen LogP contribution in [0.4, 0.5) is 11.4 Å². The minimum Gasteiger partial charge on any atom is -0.496 e. The van der Waals surface area contributed by atoms with Gasteiger partial charge in [0.1, 0.15) is 12.4 Å². The summed E-state index contributed by atoms with van der Waals surface area (Å²) in [5, 5.41) is 2.83. The number of hydrogen-bond donors (Lipinski definition) is 1. The molecule has 1 fully saturated rings. The number of carbonyl (C=O) groups is 2. The number of carbonyl (C=O) groups excluding carboxylic acids is 2. The Morgan fingerprint density at radius 3 is 2.62 bits per heavy atom. The molecule has 1 N–H and O–H groups in total. The summed E-state index contributed by atoms with van der Waals surface area (Å²) in [6, 6.07) is 14.2. The van der Waals surface area contributed by atoms with Crippen molar-refractivity contribution in [2.24, 2.45) is 0 Å². The van der Waals surface area contributed by atoms with Crippen LogP contribution in [-0.2, 0) is 9.53 Å². The van der Waals surface area contributed by atoms with E-state index in [1.165, 1.54) is 7.11 Å². The smallest absolute Gasteiger partial charge is 0.259 e. The molecule has 0 bridgehead atoms. The molecule has 6 nitrogen and oxygen atoms in total. The highest BCUT2D eigenvalue weighted by molar-refractivity contribution is 6.06. The average molecular weight is 326 g/mol. The van der Waals surface area contributed by atoms with Crippen molar-refractivity contribution in [2.45, 2.75) is 0 Å². The van der Waals surface area contributed by atoms with E-state index in [2.05, 4.69) is 5.32 Å². The molecule has 0 saturated carbocycles. The Balaban J connectivity index is 1.72. The van der Waals surface area contributed by atoms with Gasteiger partial charge in [0.05, 0.1) is 19.3 Å². The van der Waals surface area contributed by atoms with Crippen LogP contribution in [0, 0.1) is 0 Å². The van der Waals surface area contributed by atoms with E-state index in [0.29, 0.717) is 30.2 Å². The standard InChI is InChI=1S/C18H18N2O4/c1-23-16-5-3-2-4-15(16)18(22)19-13-6-8-14(9-7-13)20-10-11-24-12-17(20)21/h2-9H,10-12H2,1H3,(H,19,22). The number of hydrogen-bond acceptors (Lipinski definition) is 4. The predicted molar refractivity (Wildman–Crippen MR) is 90.6 cm³/mol. The molecule has 0 unspecified atom stereocenters. The van der Waals surface area contributed by atoms with Gasteiger partial charge in [-0.3, -0.25) is 9.59 Å². The lowest BCUT2D eigenvalue weighted by atomic mass is 10.1. The van der Waals surface area contributed by atoms with Gasteiger partial charge in [0.15, 0.2) is 0 Å². The van der Waals surface area contributed by atoms with E-state index in [-0.39, 0.29) is 18.4 Å². The fraction of sp³-hybridized carbons (Fsp3) is 0.222. The highest BCUT2D eigenvalue weighted by Crippen LogP contribution is 2.22. The lowest BCUT2D eigenvalue weighted by Gasteiger charge is -2.26. The molecule has 0 radical (unpaired) electrons. The van der Waals surface area contributed by atoms with Crippen LogP contribution in [0.2, 0.25) is 0 Å². The third-order valence-corrected chi connectivity index (χ3v) is 3.77. The lowest BCUT2D eigenvalue weighted by Crippen LogP contribution is -2.41. The van der Waals surface area contributed by atoms with Crippen molar-refractivity contribution in [3.8, 4) is 5.75 Å². The van der Waals surface area contributed by atoms with Crippen LogP contribution < -0.4 is 15.0 Å². The fourth-order valence-electron chi connectivity index (χ4n) is 2.55. The number of morpholine rings is 1. The average Bonchev–Trinajstić information content (AvgIpc) is 2.63. The molecular weight excluding hydrogens is 308 g/mol. The van der Waals surface area contributed by atoms with E-state index in [1.54, 1.807) is 47.4 Å². The summed E-state index contributed by atoms with van der Waals surface area (Å²) in [4.78, 5) is 25.9. The van der Waals surface area contributed by atoms with Crippen molar-refractivity contribution >= 4 is 23.2 Å². The first-order valence-corrected chi connectivity index (χ1v) is 7.61. The van der Waals surface area contributed by atoms with Gasteiger partial charge in [-0.15, -0.1) is 0 Å². The summed E-state index contributed by atoms with van der Waals surface area (Å²) < 4.78 is 10.3. The highest BCUT2D eigenvalue weighted by Gasteiger charge is 2.20. The van der Waals surface area contributed by atoms with E-state index in [9.17, 15) is 9.59 Å². The van der Waals surface area contributed by atoms with E-state index in [0.717, 1.165) is 5.69 Å². The second kappa shape index (κ2) is 7.14. The van der Waals surface area contributed by atoms with Crippen LogP contribution in [0.25, 0.3) is 0 Å². The molecule has 0 atom stereocenters. The van der Waals surface area contributed by atoms with E-state index in [1.807, 2.05) is 6.07 Å². The molecule has 6 heteroatoms. The molecule has 0 spiro atoms. The molecule has 0 aliphatic carbocycles. The van der Waals surface area contributed by atoms with Gasteiger partial charge in [0.25, 0.3) is 11.8 Å². The fourth-order valence-corrected chi connectivity index (χ4v) is 2.55. The molecular formula is C18H18N2O4. The van der Waals surface area contributed by atoms with Crippen molar-refractivity contribution in [3.05, 3.63) is 54.1 Å². The number of rotatable bonds is 4. The molecule has 3 rings (SSSR count). The molecule has 2 aromatic rings. The third-order valence-electron chi connectivity index (χ3n) is 3.77. The summed E-state index contributed by atoms with van der Waals surface area (Å²) in [6.45, 7) is 1.16. The van der Waals surface area contributed by atoms with Gasteiger partial charge in [-0.1, -0.05) is 12.1 Å². The molecule has 1 saturated heterocycles. The number of nitrogens with one attached hydrogen (secondary N) is 1. The molecule has 124 valence electrons. The lowest BCUT2D eigenvalue weighted by molar-refractivity contribution is -0.125. The first-order chi connectivity index (χ1) is 11.7. The van der Waals surface area contributed by atoms with Crippen LogP contribution in [0.5, 0.6) is 5.75 Å². The zero-order valence-electron chi connectivity index (χ0n) is 13.3. The Morgan fingerprint density at radius 1 is 1.17 bits per heavy atom. The van der Waals surface area contributed by atoms with Gasteiger partial charge >= 0.3 is 0 Å². The van der Waals surface area contributed by atoms with Crippen molar-refractivity contribution < 1.29 is 19.1 Å². The highest BCUT2D eigenvalue weighted by atomic mass is 16.5. The van der Waals surface area contributed by atoms with Gasteiger partial charge in [0.2, 0.25) is 0 Å². The zero-order chi connectivity index (χ0) is 16.9. The SMILES string of the molecule is COc1ccccc1C(=O)Nc1ccc(N2CCOCC2=O)cc1. The molecule has 1 aliphatic rings. The summed E-state index contributed by atoms with van der Waals surface area (Å²) in [5.74, 6) is 0.209. The number of para-hydroxylation sites is 1. The van der Waals surface area contributed by atoms with E-state index < -0.39 is 0 Å². The second-order valence-corrected chi connectivity index (χ2v) is 5.30. The topological polar surface area (TPSA) is 67.9 Å². The van der Waals surface area contributed by atoms with E-state index >= 15 is 0 Å². The van der Waals surface area contributed by atoms with Gasteiger partial charge < -0.3 is 19.7 Å². The Labute approximate surface area is 140 Å². The maximum atomic E-state index is 12.4. The van der Waals surface area contributed by atoms with Crippen LogP contribution in [0.1, 0.15) is 10.4 Å². The number of anilines is 2. The minimum absolute atomic E-state index is 0.0629. The van der Waals surface area contributed by atoms with Gasteiger partial charge in [-0.25, -0.2) is 0 Å². The molecule has 2 aromatic carbocycles. The van der Waals surface area contributed by atoms with Gasteiger partial charge in [-0.2, -0.15) is 0 Å². The van der Waals surface area contributed by atoms with Crippen molar-refractivity contribution in [1.82, 2.24) is 0 Å². The first kappa shape index (κ1) is 16.0. The molecule has 0 aromatic heterocycles. The normalized spacial score (nSPS) is 14.4. The summed E-state index contributed by atoms with van der Waals surface area (Å²) in [7, 11) is 1.53. The molecule has 24 heavy (non-hydrogen) atoms. The van der Waals surface area contributed by atoms with Gasteiger partial charge in [0, 0.05) is 17.9 Å². The van der Waals surface area contributed by atoms with Crippen molar-refractivity contribution in [3.63, 3.8) is 0 Å².